The molecule has 2 unspecified atom stereocenters. The average Bonchev–Trinajstić information content (AvgIpc) is 2.87. The molecule has 2 aromatic rings. The van der Waals surface area contributed by atoms with Gasteiger partial charge in [0.15, 0.2) is 0 Å². The Morgan fingerprint density at radius 1 is 1.42 bits per heavy atom. The second-order valence-corrected chi connectivity index (χ2v) is 5.76. The number of halogens is 1. The molecule has 7 heteroatoms. The van der Waals surface area contributed by atoms with Crippen LogP contribution in [0, 0.1) is 0 Å². The Morgan fingerprint density at radius 2 is 2.21 bits per heavy atom. The van der Waals surface area contributed by atoms with Crippen LogP contribution in [0.25, 0.3) is 0 Å². The van der Waals surface area contributed by atoms with E-state index in [1.54, 1.807) is 17.9 Å². The molecule has 0 radical (unpaired) electrons. The minimum Gasteiger partial charge on any atom is -0.493 e. The number of hydrogen-bond acceptors (Lipinski definition) is 4. The first kappa shape index (κ1) is 18.3. The number of ether oxygens (including phenoxy) is 1. The van der Waals surface area contributed by atoms with Crippen molar-refractivity contribution in [2.45, 2.75) is 24.9 Å². The first-order chi connectivity index (χ1) is 11.2. The molecule has 2 N–H and O–H groups in total. The van der Waals surface area contributed by atoms with Crippen LogP contribution in [0.2, 0.25) is 0 Å². The van der Waals surface area contributed by atoms with Gasteiger partial charge in [0.25, 0.3) is 0 Å². The van der Waals surface area contributed by atoms with Crippen molar-refractivity contribution in [2.24, 2.45) is 7.05 Å². The zero-order valence-electron chi connectivity index (χ0n) is 13.9. The molecule has 0 aliphatic carbocycles. The summed E-state index contributed by atoms with van der Waals surface area (Å²) in [6, 6.07) is 7.45. The van der Waals surface area contributed by atoms with Crippen molar-refractivity contribution in [1.82, 2.24) is 20.4 Å². The van der Waals surface area contributed by atoms with Gasteiger partial charge in [-0.3, -0.25) is 9.48 Å². The van der Waals surface area contributed by atoms with E-state index >= 15 is 0 Å². The van der Waals surface area contributed by atoms with E-state index in [0.29, 0.717) is 6.61 Å². The second-order valence-electron chi connectivity index (χ2n) is 5.76. The van der Waals surface area contributed by atoms with Crippen LogP contribution in [0.1, 0.15) is 36.1 Å². The Labute approximate surface area is 148 Å². The van der Waals surface area contributed by atoms with E-state index in [4.69, 9.17) is 4.74 Å². The van der Waals surface area contributed by atoms with Gasteiger partial charge in [0.2, 0.25) is 5.91 Å². The lowest BCUT2D eigenvalue weighted by molar-refractivity contribution is -0.124. The van der Waals surface area contributed by atoms with Gasteiger partial charge in [-0.05, 0) is 26.0 Å². The number of amides is 1. The summed E-state index contributed by atoms with van der Waals surface area (Å²) in [4.78, 5) is 12.7. The summed E-state index contributed by atoms with van der Waals surface area (Å²) in [6.07, 6.45) is 5.35. The van der Waals surface area contributed by atoms with E-state index < -0.39 is 6.04 Å². The Bertz CT molecular complexity index is 689. The molecule has 1 aromatic carbocycles. The van der Waals surface area contributed by atoms with Gasteiger partial charge < -0.3 is 15.4 Å². The number of aryl methyl sites for hydroxylation is 1. The number of nitrogens with one attached hydrogen (secondary N) is 2. The van der Waals surface area contributed by atoms with E-state index in [2.05, 4.69) is 15.7 Å². The van der Waals surface area contributed by atoms with Crippen molar-refractivity contribution in [3.8, 4) is 5.75 Å². The summed E-state index contributed by atoms with van der Waals surface area (Å²) in [6.45, 7) is 0.682. The van der Waals surface area contributed by atoms with Crippen LogP contribution in [0.15, 0.2) is 36.7 Å². The average molecular weight is 351 g/mol. The Balaban J connectivity index is 0.00000208. The van der Waals surface area contributed by atoms with Crippen LogP contribution in [0.3, 0.4) is 0 Å². The van der Waals surface area contributed by atoms with Crippen molar-refractivity contribution in [3.05, 3.63) is 47.8 Å². The smallest absolute Gasteiger partial charge is 0.242 e. The maximum Gasteiger partial charge on any atom is 0.242 e. The summed E-state index contributed by atoms with van der Waals surface area (Å²) in [7, 11) is 3.62. The molecule has 6 nitrogen and oxygen atoms in total. The van der Waals surface area contributed by atoms with Gasteiger partial charge in [-0.2, -0.15) is 5.10 Å². The third-order valence-electron chi connectivity index (χ3n) is 4.11. The molecule has 2 atom stereocenters. The lowest BCUT2D eigenvalue weighted by Crippen LogP contribution is -2.38. The van der Waals surface area contributed by atoms with E-state index in [1.807, 2.05) is 37.5 Å². The fourth-order valence-electron chi connectivity index (χ4n) is 2.97. The predicted molar refractivity (Wildman–Crippen MR) is 94.3 cm³/mol. The summed E-state index contributed by atoms with van der Waals surface area (Å²) < 4.78 is 7.45. The van der Waals surface area contributed by atoms with Gasteiger partial charge >= 0.3 is 0 Å². The molecule has 1 aliphatic rings. The Morgan fingerprint density at radius 3 is 2.92 bits per heavy atom. The lowest BCUT2D eigenvalue weighted by atomic mass is 10.0. The maximum atomic E-state index is 12.7. The number of likely N-dealkylation sites (N-methyl/N-ethyl adjacent to an activating group) is 1. The van der Waals surface area contributed by atoms with E-state index in [0.717, 1.165) is 29.7 Å². The van der Waals surface area contributed by atoms with Crippen molar-refractivity contribution in [3.63, 3.8) is 0 Å². The van der Waals surface area contributed by atoms with E-state index in [-0.39, 0.29) is 24.4 Å². The fourth-order valence-corrected chi connectivity index (χ4v) is 2.97. The van der Waals surface area contributed by atoms with Crippen LogP contribution in [0.4, 0.5) is 0 Å². The number of benzene rings is 1. The van der Waals surface area contributed by atoms with Crippen molar-refractivity contribution in [1.29, 1.82) is 0 Å². The van der Waals surface area contributed by atoms with Gasteiger partial charge in [0.1, 0.15) is 11.8 Å². The molecule has 0 saturated carbocycles. The van der Waals surface area contributed by atoms with Crippen molar-refractivity contribution < 1.29 is 9.53 Å². The van der Waals surface area contributed by atoms with E-state index in [9.17, 15) is 4.79 Å². The van der Waals surface area contributed by atoms with Gasteiger partial charge in [0.05, 0.1) is 18.8 Å². The van der Waals surface area contributed by atoms with Crippen LogP contribution in [0.5, 0.6) is 5.75 Å². The molecule has 3 rings (SSSR count). The molecule has 1 amide bonds. The van der Waals surface area contributed by atoms with Gasteiger partial charge in [-0.25, -0.2) is 0 Å². The number of aromatic nitrogens is 2. The highest BCUT2D eigenvalue weighted by molar-refractivity contribution is 5.85. The minimum atomic E-state index is -0.417. The zero-order valence-corrected chi connectivity index (χ0v) is 14.7. The van der Waals surface area contributed by atoms with Crippen LogP contribution in [-0.2, 0) is 11.8 Å². The highest BCUT2D eigenvalue weighted by Crippen LogP contribution is 2.31. The Kier molecular flexibility index (Phi) is 6.23. The number of nitrogens with zero attached hydrogens (tertiary/aromatic N) is 2. The zero-order chi connectivity index (χ0) is 16.2. The van der Waals surface area contributed by atoms with Gasteiger partial charge in [-0.1, -0.05) is 18.2 Å². The molecule has 1 aromatic heterocycles. The van der Waals surface area contributed by atoms with Crippen LogP contribution >= 0.6 is 12.4 Å². The number of carbonyl (C=O) groups is 1. The highest BCUT2D eigenvalue weighted by atomic mass is 35.5. The van der Waals surface area contributed by atoms with E-state index in [1.165, 1.54) is 0 Å². The first-order valence-corrected chi connectivity index (χ1v) is 7.87. The predicted octanol–water partition coefficient (Wildman–Crippen LogP) is 2.13. The van der Waals surface area contributed by atoms with Crippen LogP contribution < -0.4 is 15.4 Å². The largest absolute Gasteiger partial charge is 0.493 e. The summed E-state index contributed by atoms with van der Waals surface area (Å²) in [5.74, 6) is 0.805. The first-order valence-electron chi connectivity index (χ1n) is 7.87. The molecular formula is C17H23ClN4O2. The number of rotatable bonds is 4. The topological polar surface area (TPSA) is 68.2 Å². The molecule has 0 fully saturated rings. The molecule has 0 saturated heterocycles. The fraction of sp³-hybridized carbons (Fsp3) is 0.412. The molecule has 24 heavy (non-hydrogen) atoms. The third-order valence-corrected chi connectivity index (χ3v) is 4.11. The van der Waals surface area contributed by atoms with Gasteiger partial charge in [0, 0.05) is 24.4 Å². The quantitative estimate of drug-likeness (QED) is 0.886. The molecule has 2 heterocycles. The summed E-state index contributed by atoms with van der Waals surface area (Å²) in [5, 5.41) is 10.4. The molecular weight excluding hydrogens is 328 g/mol. The monoisotopic (exact) mass is 350 g/mol. The molecule has 0 bridgehead atoms. The molecule has 130 valence electrons. The van der Waals surface area contributed by atoms with Crippen LogP contribution in [-0.4, -0.2) is 29.3 Å². The van der Waals surface area contributed by atoms with Gasteiger partial charge in [-0.15, -0.1) is 12.4 Å². The normalized spacial score (nSPS) is 17.7. The summed E-state index contributed by atoms with van der Waals surface area (Å²) >= 11 is 0. The maximum absolute atomic E-state index is 12.7. The molecule has 0 spiro atoms. The minimum absolute atomic E-state index is 0. The number of para-hydroxylation sites is 1. The highest BCUT2D eigenvalue weighted by Gasteiger charge is 2.26. The molecule has 1 aliphatic heterocycles. The number of hydrogen-bond donors (Lipinski definition) is 2. The number of carbonyl (C=O) groups excluding carboxylic acids is 1. The summed E-state index contributed by atoms with van der Waals surface area (Å²) in [5.41, 5.74) is 1.89. The third kappa shape index (κ3) is 3.88. The van der Waals surface area contributed by atoms with Crippen molar-refractivity contribution in [2.75, 3.05) is 13.7 Å². The van der Waals surface area contributed by atoms with Crippen molar-refractivity contribution >= 4 is 18.3 Å². The standard InChI is InChI=1S/C17H22N4O2.ClH/c1-18-16(12-10-19-21(2)11-12)17(22)20-14-7-5-9-23-15-8-4-3-6-13(14)15;/h3-4,6,8,10-11,14,16,18H,5,7,9H2,1-2H3,(H,20,22);1H. The SMILES string of the molecule is CNC(C(=O)NC1CCCOc2ccccc21)c1cnn(C)c1.Cl. The second kappa shape index (κ2) is 8.17. The lowest BCUT2D eigenvalue weighted by Gasteiger charge is -2.22. The number of fused-ring (bicyclic) bond motifs is 1. The Hall–Kier alpha value is -2.05.